The Morgan fingerprint density at radius 3 is 2.32 bits per heavy atom. The molecule has 1 aromatic heterocycles. The zero-order chi connectivity index (χ0) is 14.1. The molecule has 0 nitrogen and oxygen atoms in total. The Hall–Kier alpha value is 0.660. The van der Waals surface area contributed by atoms with Crippen molar-refractivity contribution in [3.05, 3.63) is 20.8 Å². The van der Waals surface area contributed by atoms with Crippen molar-refractivity contribution in [2.45, 2.75) is 52.9 Å². The van der Waals surface area contributed by atoms with Gasteiger partial charge in [-0.25, -0.2) is 0 Å². The molecule has 0 radical (unpaired) electrons. The van der Waals surface area contributed by atoms with Crippen molar-refractivity contribution in [3.8, 4) is 0 Å². The lowest BCUT2D eigenvalue weighted by Crippen LogP contribution is -2.35. The Morgan fingerprint density at radius 1 is 1.26 bits per heavy atom. The van der Waals surface area contributed by atoms with E-state index in [9.17, 15) is 0 Å². The summed E-state index contributed by atoms with van der Waals surface area (Å²) in [7, 11) is 0. The summed E-state index contributed by atoms with van der Waals surface area (Å²) in [6.07, 6.45) is 6.76. The highest BCUT2D eigenvalue weighted by Gasteiger charge is 2.38. The largest absolute Gasteiger partial charge is 0.133 e. The minimum absolute atomic E-state index is 0.477. The number of rotatable bonds is 3. The zero-order valence-electron chi connectivity index (χ0n) is 12.1. The summed E-state index contributed by atoms with van der Waals surface area (Å²) in [6.45, 7) is 7.19. The van der Waals surface area contributed by atoms with Gasteiger partial charge < -0.3 is 0 Å². The summed E-state index contributed by atoms with van der Waals surface area (Å²) in [5.41, 5.74) is 0.969. The number of hydrogen-bond donors (Lipinski definition) is 0. The van der Waals surface area contributed by atoms with Crippen molar-refractivity contribution in [2.75, 3.05) is 5.33 Å². The van der Waals surface area contributed by atoms with Gasteiger partial charge in [0, 0.05) is 10.2 Å². The number of alkyl halides is 1. The van der Waals surface area contributed by atoms with E-state index in [1.807, 2.05) is 11.3 Å². The van der Waals surface area contributed by atoms with Crippen LogP contribution in [0.1, 0.15) is 51.3 Å². The van der Waals surface area contributed by atoms with Gasteiger partial charge in [0.05, 0.1) is 3.79 Å². The summed E-state index contributed by atoms with van der Waals surface area (Å²) in [5, 5.41) is 1.15. The van der Waals surface area contributed by atoms with Gasteiger partial charge in [-0.3, -0.25) is 0 Å². The molecule has 3 heteroatoms. The van der Waals surface area contributed by atoms with Crippen LogP contribution in [0.15, 0.2) is 15.9 Å². The average molecular weight is 408 g/mol. The lowest BCUT2D eigenvalue weighted by Gasteiger charge is -2.43. The smallest absolute Gasteiger partial charge is 0.0701 e. The van der Waals surface area contributed by atoms with Crippen molar-refractivity contribution in [3.63, 3.8) is 0 Å². The summed E-state index contributed by atoms with van der Waals surface area (Å²) in [5.74, 6) is 0.898. The van der Waals surface area contributed by atoms with E-state index in [0.717, 1.165) is 11.2 Å². The third-order valence-electron chi connectivity index (χ3n) is 4.73. The number of hydrogen-bond acceptors (Lipinski definition) is 1. The van der Waals surface area contributed by atoms with Crippen molar-refractivity contribution in [1.29, 1.82) is 0 Å². The first-order chi connectivity index (χ1) is 8.85. The maximum Gasteiger partial charge on any atom is 0.0701 e. The predicted octanol–water partition coefficient (Wildman–Crippen LogP) is 6.67. The molecule has 2 rings (SSSR count). The molecule has 19 heavy (non-hydrogen) atoms. The van der Waals surface area contributed by atoms with Gasteiger partial charge in [0.15, 0.2) is 0 Å². The van der Waals surface area contributed by atoms with Gasteiger partial charge in [0.2, 0.25) is 0 Å². The lowest BCUT2D eigenvalue weighted by molar-refractivity contribution is 0.104. The van der Waals surface area contributed by atoms with Crippen LogP contribution in [0.4, 0.5) is 0 Å². The van der Waals surface area contributed by atoms with E-state index >= 15 is 0 Å². The molecule has 0 atom stereocenters. The molecule has 1 aliphatic carbocycles. The van der Waals surface area contributed by atoms with Crippen molar-refractivity contribution in [2.24, 2.45) is 16.7 Å². The van der Waals surface area contributed by atoms with E-state index in [4.69, 9.17) is 0 Å². The Bertz CT molecular complexity index is 409. The molecule has 1 heterocycles. The third-order valence-corrected chi connectivity index (χ3v) is 7.55. The van der Waals surface area contributed by atoms with Gasteiger partial charge in [0.25, 0.3) is 0 Å². The first kappa shape index (κ1) is 16.0. The molecule has 0 N–H and O–H groups in total. The van der Waals surface area contributed by atoms with Crippen LogP contribution in [0.3, 0.4) is 0 Å². The molecular weight excluding hydrogens is 384 g/mol. The molecule has 0 spiro atoms. The number of halogens is 2. The highest BCUT2D eigenvalue weighted by molar-refractivity contribution is 9.11. The normalized spacial score (nSPS) is 28.6. The summed E-state index contributed by atoms with van der Waals surface area (Å²) >= 11 is 9.27. The summed E-state index contributed by atoms with van der Waals surface area (Å²) in [4.78, 5) is 1.53. The van der Waals surface area contributed by atoms with E-state index in [-0.39, 0.29) is 0 Å². The van der Waals surface area contributed by atoms with Gasteiger partial charge in [-0.15, -0.1) is 11.3 Å². The number of thiophene rings is 1. The van der Waals surface area contributed by atoms with Crippen LogP contribution in [0.2, 0.25) is 0 Å². The molecule has 1 saturated carbocycles. The van der Waals surface area contributed by atoms with Crippen molar-refractivity contribution < 1.29 is 0 Å². The van der Waals surface area contributed by atoms with Crippen LogP contribution in [0, 0.1) is 16.7 Å². The van der Waals surface area contributed by atoms with E-state index in [2.05, 4.69) is 64.8 Å². The SMILES string of the molecule is CC(C)(C)C1CCC(CBr)(Cc2ccc(Br)s2)CC1. The molecule has 1 fully saturated rings. The van der Waals surface area contributed by atoms with Gasteiger partial charge in [-0.1, -0.05) is 36.7 Å². The summed E-state index contributed by atoms with van der Waals surface area (Å²) < 4.78 is 1.26. The fraction of sp³-hybridized carbons (Fsp3) is 0.750. The molecule has 0 unspecified atom stereocenters. The van der Waals surface area contributed by atoms with Crippen LogP contribution in [-0.4, -0.2) is 5.33 Å². The van der Waals surface area contributed by atoms with Crippen LogP contribution < -0.4 is 0 Å². The lowest BCUT2D eigenvalue weighted by atomic mass is 9.63. The van der Waals surface area contributed by atoms with Gasteiger partial charge in [0.1, 0.15) is 0 Å². The van der Waals surface area contributed by atoms with E-state index in [1.165, 1.54) is 40.8 Å². The molecule has 0 amide bonds. The van der Waals surface area contributed by atoms with Crippen LogP contribution in [0.5, 0.6) is 0 Å². The molecular formula is C16H24Br2S. The van der Waals surface area contributed by atoms with Crippen LogP contribution >= 0.6 is 43.2 Å². The van der Waals surface area contributed by atoms with E-state index in [0.29, 0.717) is 10.8 Å². The standard InChI is InChI=1S/C16H24Br2S/c1-15(2,3)12-6-8-16(11-17,9-7-12)10-13-4-5-14(18)19-13/h4-5,12H,6-11H2,1-3H3. The summed E-state index contributed by atoms with van der Waals surface area (Å²) in [6, 6.07) is 4.47. The molecule has 1 aromatic rings. The molecule has 0 bridgehead atoms. The highest BCUT2D eigenvalue weighted by Crippen LogP contribution is 2.48. The topological polar surface area (TPSA) is 0 Å². The first-order valence-electron chi connectivity index (χ1n) is 7.15. The quantitative estimate of drug-likeness (QED) is 0.490. The van der Waals surface area contributed by atoms with E-state index < -0.39 is 0 Å². The minimum atomic E-state index is 0.477. The van der Waals surface area contributed by atoms with Crippen LogP contribution in [-0.2, 0) is 6.42 Å². The molecule has 108 valence electrons. The van der Waals surface area contributed by atoms with Gasteiger partial charge in [-0.2, -0.15) is 0 Å². The van der Waals surface area contributed by atoms with Gasteiger partial charge >= 0.3 is 0 Å². The predicted molar refractivity (Wildman–Crippen MR) is 93.4 cm³/mol. The zero-order valence-corrected chi connectivity index (χ0v) is 16.1. The fourth-order valence-corrected chi connectivity index (χ4v) is 5.69. The second-order valence-electron chi connectivity index (χ2n) is 7.16. The van der Waals surface area contributed by atoms with Gasteiger partial charge in [-0.05, 0) is 76.9 Å². The van der Waals surface area contributed by atoms with Crippen molar-refractivity contribution in [1.82, 2.24) is 0 Å². The van der Waals surface area contributed by atoms with E-state index in [1.54, 1.807) is 0 Å². The molecule has 1 aliphatic rings. The Kier molecular flexibility index (Phi) is 5.23. The highest BCUT2D eigenvalue weighted by atomic mass is 79.9. The Labute approximate surface area is 138 Å². The monoisotopic (exact) mass is 406 g/mol. The second-order valence-corrected chi connectivity index (χ2v) is 10.3. The molecule has 0 aliphatic heterocycles. The molecule has 0 saturated heterocycles. The Morgan fingerprint density at radius 2 is 1.89 bits per heavy atom. The average Bonchev–Trinajstić information content (AvgIpc) is 2.74. The van der Waals surface area contributed by atoms with Crippen molar-refractivity contribution >= 4 is 43.2 Å². The Balaban J connectivity index is 2.02. The first-order valence-corrected chi connectivity index (χ1v) is 9.88. The second kappa shape index (κ2) is 6.19. The minimum Gasteiger partial charge on any atom is -0.133 e. The maximum absolute atomic E-state index is 3.80. The van der Waals surface area contributed by atoms with Crippen LogP contribution in [0.25, 0.3) is 0 Å². The third kappa shape index (κ3) is 4.07. The fourth-order valence-electron chi connectivity index (χ4n) is 3.27. The molecule has 0 aromatic carbocycles. The maximum atomic E-state index is 3.80.